The molecule has 0 saturated heterocycles. The van der Waals surface area contributed by atoms with E-state index in [1.807, 2.05) is 0 Å². The van der Waals surface area contributed by atoms with Crippen molar-refractivity contribution in [1.82, 2.24) is 4.98 Å². The second kappa shape index (κ2) is 5.76. The molecule has 6 nitrogen and oxygen atoms in total. The van der Waals surface area contributed by atoms with Gasteiger partial charge in [-0.05, 0) is 35.0 Å². The normalized spacial score (nSPS) is 12.1. The number of carbonyl (C=O) groups excluding carboxylic acids is 2. The highest BCUT2D eigenvalue weighted by molar-refractivity contribution is 9.10. The number of ether oxygens (including phenoxy) is 2. The lowest BCUT2D eigenvalue weighted by Gasteiger charge is -2.10. The highest BCUT2D eigenvalue weighted by Crippen LogP contribution is 2.37. The first kappa shape index (κ1) is 14.5. The van der Waals surface area contributed by atoms with Gasteiger partial charge in [-0.15, -0.1) is 0 Å². The van der Waals surface area contributed by atoms with Crippen molar-refractivity contribution in [3.05, 3.63) is 46.2 Å². The number of anilines is 1. The van der Waals surface area contributed by atoms with Crippen LogP contribution < -0.4 is 14.8 Å². The highest BCUT2D eigenvalue weighted by Gasteiger charge is 2.20. The molecule has 22 heavy (non-hydrogen) atoms. The quantitative estimate of drug-likeness (QED) is 0.849. The minimum Gasteiger partial charge on any atom is -0.454 e. The summed E-state index contributed by atoms with van der Waals surface area (Å²) in [6.07, 6.45) is 3.03. The second-order valence-electron chi connectivity index (χ2n) is 4.65. The zero-order chi connectivity index (χ0) is 15.7. The van der Waals surface area contributed by atoms with E-state index in [1.165, 1.54) is 13.1 Å². The number of Topliss-reactive ketones (excluding diaryl/α,β-unsaturated/α-hetero) is 1. The number of ketones is 1. The van der Waals surface area contributed by atoms with Crippen molar-refractivity contribution in [2.45, 2.75) is 6.92 Å². The van der Waals surface area contributed by atoms with E-state index >= 15 is 0 Å². The fraction of sp³-hybridized carbons (Fsp3) is 0.133. The number of pyridine rings is 1. The van der Waals surface area contributed by atoms with E-state index in [0.29, 0.717) is 32.8 Å². The van der Waals surface area contributed by atoms with E-state index in [4.69, 9.17) is 9.47 Å². The summed E-state index contributed by atoms with van der Waals surface area (Å²) in [5.41, 5.74) is 1.11. The fourth-order valence-electron chi connectivity index (χ4n) is 2.07. The van der Waals surface area contributed by atoms with Crippen LogP contribution in [0.3, 0.4) is 0 Å². The zero-order valence-corrected chi connectivity index (χ0v) is 13.1. The maximum absolute atomic E-state index is 12.3. The lowest BCUT2D eigenvalue weighted by molar-refractivity contribution is 0.101. The number of aromatic nitrogens is 1. The Morgan fingerprint density at radius 1 is 1.18 bits per heavy atom. The molecule has 1 amide bonds. The lowest BCUT2D eigenvalue weighted by Crippen LogP contribution is -2.14. The van der Waals surface area contributed by atoms with Crippen LogP contribution in [0.5, 0.6) is 11.5 Å². The first-order chi connectivity index (χ1) is 10.5. The van der Waals surface area contributed by atoms with Gasteiger partial charge in [0.15, 0.2) is 17.3 Å². The summed E-state index contributed by atoms with van der Waals surface area (Å²) in [5.74, 6) is 0.441. The number of hydrogen-bond donors (Lipinski definition) is 1. The number of hydrogen-bond acceptors (Lipinski definition) is 5. The van der Waals surface area contributed by atoms with Gasteiger partial charge < -0.3 is 14.8 Å². The summed E-state index contributed by atoms with van der Waals surface area (Å²) in [7, 11) is 0. The molecule has 0 aliphatic carbocycles. The van der Waals surface area contributed by atoms with Crippen LogP contribution in [0.25, 0.3) is 0 Å². The fourth-order valence-corrected chi connectivity index (χ4v) is 2.43. The van der Waals surface area contributed by atoms with Gasteiger partial charge in [-0.1, -0.05) is 0 Å². The van der Waals surface area contributed by atoms with Crippen molar-refractivity contribution < 1.29 is 19.1 Å². The second-order valence-corrected chi connectivity index (χ2v) is 5.57. The Morgan fingerprint density at radius 3 is 2.59 bits per heavy atom. The van der Waals surface area contributed by atoms with Crippen molar-refractivity contribution in [1.29, 1.82) is 0 Å². The molecule has 1 aromatic carbocycles. The van der Waals surface area contributed by atoms with Gasteiger partial charge in [0, 0.05) is 28.5 Å². The van der Waals surface area contributed by atoms with Crippen molar-refractivity contribution >= 4 is 33.3 Å². The maximum Gasteiger partial charge on any atom is 0.257 e. The molecule has 7 heteroatoms. The Bertz CT molecular complexity index is 776. The molecule has 1 N–H and O–H groups in total. The summed E-state index contributed by atoms with van der Waals surface area (Å²) >= 11 is 3.26. The third-order valence-corrected chi connectivity index (χ3v) is 3.54. The molecule has 2 heterocycles. The molecule has 0 bridgehead atoms. The van der Waals surface area contributed by atoms with E-state index in [-0.39, 0.29) is 18.5 Å². The third kappa shape index (κ3) is 2.80. The predicted octanol–water partition coefficient (Wildman–Crippen LogP) is 3.03. The average molecular weight is 363 g/mol. The number of fused-ring (bicyclic) bond motifs is 1. The van der Waals surface area contributed by atoms with E-state index < -0.39 is 0 Å². The summed E-state index contributed by atoms with van der Waals surface area (Å²) in [5, 5.41) is 2.71. The minimum absolute atomic E-state index is 0.0969. The van der Waals surface area contributed by atoms with E-state index in [1.54, 1.807) is 24.4 Å². The van der Waals surface area contributed by atoms with Crippen LogP contribution in [0.2, 0.25) is 0 Å². The molecule has 0 fully saturated rings. The number of benzene rings is 1. The SMILES string of the molecule is CC(=O)c1cc2c(cc1NC(=O)c1cncc(Br)c1)OCO2. The number of nitrogens with zero attached hydrogens (tertiary/aromatic N) is 1. The van der Waals surface area contributed by atoms with Crippen molar-refractivity contribution in [2.24, 2.45) is 0 Å². The molecule has 2 aromatic rings. The summed E-state index contributed by atoms with van der Waals surface area (Å²) in [6.45, 7) is 1.52. The number of amides is 1. The number of carbonyl (C=O) groups is 2. The molecule has 1 aliphatic heterocycles. The van der Waals surface area contributed by atoms with Gasteiger partial charge in [-0.2, -0.15) is 0 Å². The van der Waals surface area contributed by atoms with Crippen molar-refractivity contribution in [3.63, 3.8) is 0 Å². The molecule has 1 aromatic heterocycles. The first-order valence-corrected chi connectivity index (χ1v) is 7.20. The summed E-state index contributed by atoms with van der Waals surface area (Å²) in [6, 6.07) is 4.80. The Hall–Kier alpha value is -2.41. The predicted molar refractivity (Wildman–Crippen MR) is 82.5 cm³/mol. The number of halogens is 1. The van der Waals surface area contributed by atoms with Crippen LogP contribution >= 0.6 is 15.9 Å². The van der Waals surface area contributed by atoms with Crippen molar-refractivity contribution in [3.8, 4) is 11.5 Å². The molecule has 0 unspecified atom stereocenters. The minimum atomic E-state index is -0.366. The van der Waals surface area contributed by atoms with Gasteiger partial charge in [0.1, 0.15) is 0 Å². The molecule has 112 valence electrons. The molecular weight excluding hydrogens is 352 g/mol. The largest absolute Gasteiger partial charge is 0.454 e. The topological polar surface area (TPSA) is 77.5 Å². The molecule has 3 rings (SSSR count). The number of rotatable bonds is 3. The Balaban J connectivity index is 1.94. The Labute approximate surface area is 134 Å². The lowest BCUT2D eigenvalue weighted by atomic mass is 10.1. The van der Waals surface area contributed by atoms with Gasteiger partial charge in [0.2, 0.25) is 6.79 Å². The summed E-state index contributed by atoms with van der Waals surface area (Å²) < 4.78 is 11.2. The van der Waals surface area contributed by atoms with E-state index in [0.717, 1.165) is 0 Å². The van der Waals surface area contributed by atoms with Crippen LogP contribution in [0, 0.1) is 0 Å². The third-order valence-electron chi connectivity index (χ3n) is 3.11. The van der Waals surface area contributed by atoms with Gasteiger partial charge >= 0.3 is 0 Å². The monoisotopic (exact) mass is 362 g/mol. The molecule has 1 aliphatic rings. The number of nitrogens with one attached hydrogen (secondary N) is 1. The van der Waals surface area contributed by atoms with E-state index in [2.05, 4.69) is 26.2 Å². The standard InChI is InChI=1S/C15H11BrN2O4/c1-8(19)11-3-13-14(22-7-21-13)4-12(11)18-15(20)9-2-10(16)6-17-5-9/h2-6H,7H2,1H3,(H,18,20). The first-order valence-electron chi connectivity index (χ1n) is 6.41. The average Bonchev–Trinajstić information content (AvgIpc) is 2.93. The van der Waals surface area contributed by atoms with Gasteiger partial charge in [0.05, 0.1) is 11.3 Å². The van der Waals surface area contributed by atoms with Crippen LogP contribution in [0.4, 0.5) is 5.69 Å². The van der Waals surface area contributed by atoms with Crippen molar-refractivity contribution in [2.75, 3.05) is 12.1 Å². The van der Waals surface area contributed by atoms with E-state index in [9.17, 15) is 9.59 Å². The molecule has 0 radical (unpaired) electrons. The van der Waals surface area contributed by atoms with Gasteiger partial charge in [0.25, 0.3) is 5.91 Å². The molecule has 0 saturated carbocycles. The molecular formula is C15H11BrN2O4. The smallest absolute Gasteiger partial charge is 0.257 e. The highest BCUT2D eigenvalue weighted by atomic mass is 79.9. The van der Waals surface area contributed by atoms with Crippen LogP contribution in [-0.2, 0) is 0 Å². The maximum atomic E-state index is 12.3. The molecule has 0 atom stereocenters. The van der Waals surface area contributed by atoms with Crippen LogP contribution in [0.1, 0.15) is 27.6 Å². The summed E-state index contributed by atoms with van der Waals surface area (Å²) in [4.78, 5) is 28.0. The van der Waals surface area contributed by atoms with Gasteiger partial charge in [-0.25, -0.2) is 0 Å². The Morgan fingerprint density at radius 2 is 1.91 bits per heavy atom. The van der Waals surface area contributed by atoms with Crippen LogP contribution in [0.15, 0.2) is 35.1 Å². The van der Waals surface area contributed by atoms with Crippen LogP contribution in [-0.4, -0.2) is 23.5 Å². The molecule has 0 spiro atoms. The Kier molecular flexibility index (Phi) is 3.81. The zero-order valence-electron chi connectivity index (χ0n) is 11.6. The van der Waals surface area contributed by atoms with Gasteiger partial charge in [-0.3, -0.25) is 14.6 Å².